The third-order valence-corrected chi connectivity index (χ3v) is 1.96. The van der Waals surface area contributed by atoms with Gasteiger partial charge in [-0.15, -0.1) is 0 Å². The molecule has 0 aromatic heterocycles. The van der Waals surface area contributed by atoms with Crippen LogP contribution in [0.1, 0.15) is 18.6 Å². The highest BCUT2D eigenvalue weighted by Gasteiger charge is 2.11. The summed E-state index contributed by atoms with van der Waals surface area (Å²) in [4.78, 5) is 0. The van der Waals surface area contributed by atoms with Crippen molar-refractivity contribution in [1.82, 2.24) is 0 Å². The van der Waals surface area contributed by atoms with Crippen molar-refractivity contribution in [3.05, 3.63) is 41.7 Å². The van der Waals surface area contributed by atoms with Gasteiger partial charge in [-0.3, -0.25) is 0 Å². The van der Waals surface area contributed by atoms with Crippen LogP contribution in [0.2, 0.25) is 0 Å². The lowest BCUT2D eigenvalue weighted by molar-refractivity contribution is 0.215. The summed E-state index contributed by atoms with van der Waals surface area (Å²) in [5.74, 6) is -0.312. The highest BCUT2D eigenvalue weighted by Crippen LogP contribution is 2.25. The maximum absolute atomic E-state index is 13.0. The van der Waals surface area contributed by atoms with Crippen molar-refractivity contribution in [2.45, 2.75) is 13.0 Å². The molecule has 0 saturated heterocycles. The Labute approximate surface area is 82.6 Å². The predicted molar refractivity (Wildman–Crippen MR) is 52.7 cm³/mol. The molecule has 0 amide bonds. The molecule has 1 aromatic carbocycles. The number of halogens is 1. The van der Waals surface area contributed by atoms with Gasteiger partial charge in [-0.2, -0.15) is 0 Å². The van der Waals surface area contributed by atoms with Gasteiger partial charge in [0.05, 0.1) is 13.2 Å². The van der Waals surface area contributed by atoms with Gasteiger partial charge in [0.2, 0.25) is 0 Å². The zero-order valence-electron chi connectivity index (χ0n) is 8.25. The zero-order chi connectivity index (χ0) is 10.7. The number of aliphatic hydroxyl groups excluding tert-OH is 1. The van der Waals surface area contributed by atoms with Crippen molar-refractivity contribution >= 4 is 0 Å². The number of hydrogen-bond acceptors (Lipinski definition) is 2. The van der Waals surface area contributed by atoms with Crippen LogP contribution >= 0.6 is 0 Å². The Bertz CT molecular complexity index is 347. The number of methoxy groups -OCH3 is 1. The highest BCUT2D eigenvalue weighted by atomic mass is 19.1. The van der Waals surface area contributed by atoms with Crippen molar-refractivity contribution in [3.63, 3.8) is 0 Å². The maximum Gasteiger partial charge on any atom is 0.165 e. The van der Waals surface area contributed by atoms with Crippen molar-refractivity contribution in [2.24, 2.45) is 0 Å². The molecule has 2 nitrogen and oxygen atoms in total. The fourth-order valence-electron chi connectivity index (χ4n) is 1.13. The molecule has 1 rings (SSSR count). The molecule has 0 heterocycles. The minimum Gasteiger partial charge on any atom is -0.494 e. The summed E-state index contributed by atoms with van der Waals surface area (Å²) in [5, 5.41) is 9.63. The molecule has 14 heavy (non-hydrogen) atoms. The largest absolute Gasteiger partial charge is 0.494 e. The van der Waals surface area contributed by atoms with E-state index in [1.807, 2.05) is 0 Å². The van der Waals surface area contributed by atoms with Gasteiger partial charge in [0.1, 0.15) is 0 Å². The molecule has 0 aliphatic heterocycles. The smallest absolute Gasteiger partial charge is 0.165 e. The molecule has 0 bridgehead atoms. The number of aliphatic hydroxyl groups is 1. The maximum atomic E-state index is 13.0. The minimum absolute atomic E-state index is 0.128. The predicted octanol–water partition coefficient (Wildman–Crippen LogP) is 2.44. The van der Waals surface area contributed by atoms with E-state index in [1.54, 1.807) is 6.92 Å². The van der Waals surface area contributed by atoms with Gasteiger partial charge in [0.15, 0.2) is 11.6 Å². The quantitative estimate of drug-likeness (QED) is 0.752. The molecule has 3 heteroatoms. The number of hydrogen-bond donors (Lipinski definition) is 1. The lowest BCUT2D eigenvalue weighted by Crippen LogP contribution is -1.99. The Morgan fingerprint density at radius 2 is 2.21 bits per heavy atom. The topological polar surface area (TPSA) is 29.5 Å². The third-order valence-electron chi connectivity index (χ3n) is 1.96. The summed E-state index contributed by atoms with van der Waals surface area (Å²) in [7, 11) is 1.38. The fourth-order valence-corrected chi connectivity index (χ4v) is 1.13. The van der Waals surface area contributed by atoms with Crippen LogP contribution < -0.4 is 4.74 Å². The van der Waals surface area contributed by atoms with E-state index in [0.717, 1.165) is 0 Å². The first-order chi connectivity index (χ1) is 6.56. The molecule has 1 N–H and O–H groups in total. The number of benzene rings is 1. The summed E-state index contributed by atoms with van der Waals surface area (Å²) in [6.07, 6.45) is -0.774. The molecule has 0 aliphatic rings. The normalized spacial score (nSPS) is 12.3. The van der Waals surface area contributed by atoms with Gasteiger partial charge in [-0.05, 0) is 30.2 Å². The van der Waals surface area contributed by atoms with Gasteiger partial charge in [-0.25, -0.2) is 4.39 Å². The van der Waals surface area contributed by atoms with Gasteiger partial charge >= 0.3 is 0 Å². The SMILES string of the molecule is C=C(C)C(O)c1ccc(F)c(OC)c1. The van der Waals surface area contributed by atoms with E-state index < -0.39 is 11.9 Å². The number of ether oxygens (including phenoxy) is 1. The molecular formula is C11H13FO2. The Balaban J connectivity index is 3.06. The molecular weight excluding hydrogens is 183 g/mol. The second-order valence-corrected chi connectivity index (χ2v) is 3.14. The average molecular weight is 196 g/mol. The van der Waals surface area contributed by atoms with Crippen LogP contribution in [-0.4, -0.2) is 12.2 Å². The van der Waals surface area contributed by atoms with E-state index in [9.17, 15) is 9.50 Å². The van der Waals surface area contributed by atoms with Crippen LogP contribution in [0, 0.1) is 5.82 Å². The van der Waals surface area contributed by atoms with E-state index in [0.29, 0.717) is 11.1 Å². The van der Waals surface area contributed by atoms with Gasteiger partial charge in [-0.1, -0.05) is 12.6 Å². The second-order valence-electron chi connectivity index (χ2n) is 3.14. The first kappa shape index (κ1) is 10.7. The lowest BCUT2D eigenvalue weighted by atomic mass is 10.0. The Kier molecular flexibility index (Phi) is 3.25. The summed E-state index contributed by atoms with van der Waals surface area (Å²) in [6, 6.07) is 4.24. The highest BCUT2D eigenvalue weighted by molar-refractivity contribution is 5.34. The van der Waals surface area contributed by atoms with Crippen LogP contribution in [-0.2, 0) is 0 Å². The molecule has 0 spiro atoms. The van der Waals surface area contributed by atoms with E-state index in [4.69, 9.17) is 4.74 Å². The van der Waals surface area contributed by atoms with Crippen LogP contribution in [0.15, 0.2) is 30.4 Å². The zero-order valence-corrected chi connectivity index (χ0v) is 8.25. The molecule has 1 atom stereocenters. The molecule has 0 saturated carbocycles. The van der Waals surface area contributed by atoms with Gasteiger partial charge in [0, 0.05) is 0 Å². The standard InChI is InChI=1S/C11H13FO2/c1-7(2)11(13)8-4-5-9(12)10(6-8)14-3/h4-6,11,13H,1H2,2-3H3. The first-order valence-corrected chi connectivity index (χ1v) is 4.23. The molecule has 76 valence electrons. The van der Waals surface area contributed by atoms with Crippen molar-refractivity contribution < 1.29 is 14.2 Å². The second kappa shape index (κ2) is 4.24. The van der Waals surface area contributed by atoms with E-state index in [-0.39, 0.29) is 5.75 Å². The summed E-state index contributed by atoms with van der Waals surface area (Å²) < 4.78 is 17.8. The van der Waals surface area contributed by atoms with Crippen LogP contribution in [0.5, 0.6) is 5.75 Å². The summed E-state index contributed by atoms with van der Waals surface area (Å²) in [6.45, 7) is 5.33. The van der Waals surface area contributed by atoms with Crippen LogP contribution in [0.3, 0.4) is 0 Å². The molecule has 0 aliphatic carbocycles. The number of rotatable bonds is 3. The van der Waals surface area contributed by atoms with Gasteiger partial charge in [0.25, 0.3) is 0 Å². The molecule has 1 aromatic rings. The summed E-state index contributed by atoms with van der Waals surface area (Å²) >= 11 is 0. The first-order valence-electron chi connectivity index (χ1n) is 4.23. The Morgan fingerprint density at radius 3 is 2.71 bits per heavy atom. The fraction of sp³-hybridized carbons (Fsp3) is 0.273. The van der Waals surface area contributed by atoms with E-state index in [1.165, 1.54) is 25.3 Å². The monoisotopic (exact) mass is 196 g/mol. The van der Waals surface area contributed by atoms with E-state index in [2.05, 4.69) is 6.58 Å². The molecule has 1 unspecified atom stereocenters. The third kappa shape index (κ3) is 2.12. The van der Waals surface area contributed by atoms with Crippen molar-refractivity contribution in [3.8, 4) is 5.75 Å². The Morgan fingerprint density at radius 1 is 1.57 bits per heavy atom. The minimum atomic E-state index is -0.774. The average Bonchev–Trinajstić information content (AvgIpc) is 2.17. The Hall–Kier alpha value is -1.35. The molecule has 0 fully saturated rings. The summed E-state index contributed by atoms with van der Waals surface area (Å²) in [5.41, 5.74) is 1.19. The van der Waals surface area contributed by atoms with Crippen LogP contribution in [0.4, 0.5) is 4.39 Å². The van der Waals surface area contributed by atoms with Crippen LogP contribution in [0.25, 0.3) is 0 Å². The van der Waals surface area contributed by atoms with Gasteiger partial charge < -0.3 is 9.84 Å². The van der Waals surface area contributed by atoms with Crippen molar-refractivity contribution in [1.29, 1.82) is 0 Å². The molecule has 0 radical (unpaired) electrons. The van der Waals surface area contributed by atoms with Crippen molar-refractivity contribution in [2.75, 3.05) is 7.11 Å². The van der Waals surface area contributed by atoms with E-state index >= 15 is 0 Å². The lowest BCUT2D eigenvalue weighted by Gasteiger charge is -2.11.